The summed E-state index contributed by atoms with van der Waals surface area (Å²) >= 11 is 2.54. The van der Waals surface area contributed by atoms with Gasteiger partial charge >= 0.3 is 6.18 Å². The van der Waals surface area contributed by atoms with Crippen LogP contribution in [0.3, 0.4) is 0 Å². The number of hydrogen-bond acceptors (Lipinski definition) is 5. The third kappa shape index (κ3) is 2.39. The fraction of sp³-hybridized carbons (Fsp3) is 0.167. The molecule has 0 aliphatic rings. The number of anilines is 1. The van der Waals surface area contributed by atoms with E-state index in [1.165, 1.54) is 0 Å². The molecule has 16 heavy (non-hydrogen) atoms. The summed E-state index contributed by atoms with van der Waals surface area (Å²) < 4.78 is 36.4. The Labute approximate surface area is 95.3 Å². The molecule has 88 valence electrons. The quantitative estimate of drug-likeness (QED) is 0.396. The van der Waals surface area contributed by atoms with Crippen molar-refractivity contribution in [2.45, 2.75) is 6.18 Å². The number of nitrogen functional groups attached to an aromatic ring is 2. The first-order chi connectivity index (χ1) is 7.27. The van der Waals surface area contributed by atoms with Crippen LogP contribution in [-0.2, 0) is 6.18 Å². The van der Waals surface area contributed by atoms with Crippen molar-refractivity contribution in [1.82, 2.24) is 15.4 Å². The molecule has 0 saturated heterocycles. The average molecular weight is 300 g/mol. The summed E-state index contributed by atoms with van der Waals surface area (Å²) in [5, 5.41) is 0. The highest BCUT2D eigenvalue weighted by Gasteiger charge is 2.37. The van der Waals surface area contributed by atoms with Crippen LogP contribution in [0.25, 0.3) is 0 Å². The van der Waals surface area contributed by atoms with Crippen molar-refractivity contribution < 1.29 is 18.0 Å². The number of hydrazine groups is 1. The monoisotopic (exact) mass is 299 g/mol. The van der Waals surface area contributed by atoms with E-state index in [9.17, 15) is 18.0 Å². The van der Waals surface area contributed by atoms with Gasteiger partial charge in [0.05, 0.1) is 0 Å². The predicted octanol–water partition coefficient (Wildman–Crippen LogP) is 0.444. The molecule has 0 radical (unpaired) electrons. The Morgan fingerprint density at radius 1 is 1.38 bits per heavy atom. The lowest BCUT2D eigenvalue weighted by Gasteiger charge is -2.10. The molecular formula is C6H5BrF3N5O. The number of alkyl halides is 3. The number of hydrogen-bond donors (Lipinski definition) is 3. The molecule has 0 atom stereocenters. The number of aromatic nitrogens is 2. The lowest BCUT2D eigenvalue weighted by atomic mass is 10.3. The molecule has 0 unspecified atom stereocenters. The summed E-state index contributed by atoms with van der Waals surface area (Å²) in [5.74, 6) is 3.20. The van der Waals surface area contributed by atoms with Crippen molar-refractivity contribution in [3.05, 3.63) is 16.0 Å². The minimum Gasteiger partial charge on any atom is -0.382 e. The van der Waals surface area contributed by atoms with Crippen LogP contribution in [0.5, 0.6) is 0 Å². The van der Waals surface area contributed by atoms with Crippen molar-refractivity contribution >= 4 is 27.7 Å². The van der Waals surface area contributed by atoms with Gasteiger partial charge in [-0.2, -0.15) is 13.2 Å². The average Bonchev–Trinajstić information content (AvgIpc) is 2.18. The predicted molar refractivity (Wildman–Crippen MR) is 50.8 cm³/mol. The van der Waals surface area contributed by atoms with Crippen LogP contribution in [0.4, 0.5) is 19.0 Å². The number of rotatable bonds is 1. The van der Waals surface area contributed by atoms with Gasteiger partial charge in [-0.05, 0) is 15.9 Å². The maximum Gasteiger partial charge on any atom is 0.436 e. The van der Waals surface area contributed by atoms with Gasteiger partial charge in [-0.15, -0.1) is 0 Å². The zero-order chi connectivity index (χ0) is 12.5. The Kier molecular flexibility index (Phi) is 3.33. The number of amides is 1. The van der Waals surface area contributed by atoms with E-state index in [-0.39, 0.29) is 0 Å². The highest BCUT2D eigenvalue weighted by molar-refractivity contribution is 9.10. The van der Waals surface area contributed by atoms with Crippen molar-refractivity contribution in [3.63, 3.8) is 0 Å². The molecule has 0 aliphatic heterocycles. The highest BCUT2D eigenvalue weighted by atomic mass is 79.9. The van der Waals surface area contributed by atoms with E-state index in [0.29, 0.717) is 0 Å². The minimum atomic E-state index is -4.71. The number of nitrogens with zero attached hydrogens (tertiary/aromatic N) is 2. The third-order valence-electron chi connectivity index (χ3n) is 1.49. The summed E-state index contributed by atoms with van der Waals surface area (Å²) in [6, 6.07) is 0. The van der Waals surface area contributed by atoms with Crippen LogP contribution in [0, 0.1) is 0 Å². The van der Waals surface area contributed by atoms with Crippen LogP contribution in [0.1, 0.15) is 16.2 Å². The molecule has 0 aliphatic carbocycles. The molecule has 0 fully saturated rings. The van der Waals surface area contributed by atoms with Crippen LogP contribution in [-0.4, -0.2) is 15.9 Å². The van der Waals surface area contributed by atoms with Crippen molar-refractivity contribution in [2.24, 2.45) is 5.84 Å². The van der Waals surface area contributed by atoms with Gasteiger partial charge in [0, 0.05) is 0 Å². The maximum absolute atomic E-state index is 12.3. The summed E-state index contributed by atoms with van der Waals surface area (Å²) in [7, 11) is 0. The van der Waals surface area contributed by atoms with E-state index in [0.717, 1.165) is 0 Å². The number of nitrogens with two attached hydrogens (primary N) is 2. The zero-order valence-corrected chi connectivity index (χ0v) is 9.06. The largest absolute Gasteiger partial charge is 0.436 e. The summed E-state index contributed by atoms with van der Waals surface area (Å²) in [5.41, 5.74) is 5.05. The molecule has 0 aromatic carbocycles. The number of nitrogens with one attached hydrogen (secondary N) is 1. The summed E-state index contributed by atoms with van der Waals surface area (Å²) in [6.07, 6.45) is -4.71. The molecule has 1 amide bonds. The van der Waals surface area contributed by atoms with Crippen molar-refractivity contribution in [3.8, 4) is 0 Å². The molecule has 1 heterocycles. The first-order valence-electron chi connectivity index (χ1n) is 3.68. The van der Waals surface area contributed by atoms with E-state index in [2.05, 4.69) is 25.9 Å². The molecule has 0 bridgehead atoms. The molecule has 5 N–H and O–H groups in total. The second-order valence-corrected chi connectivity index (χ2v) is 3.32. The second-order valence-electron chi connectivity index (χ2n) is 2.57. The Bertz CT molecular complexity index is 435. The van der Waals surface area contributed by atoms with Crippen LogP contribution < -0.4 is 17.0 Å². The SMILES string of the molecule is NNC(=O)c1nc(Br)c(C(F)(F)F)nc1N. The molecule has 10 heteroatoms. The van der Waals surface area contributed by atoms with Crippen LogP contribution in [0.2, 0.25) is 0 Å². The fourth-order valence-electron chi connectivity index (χ4n) is 0.844. The Balaban J connectivity index is 3.33. The standard InChI is InChI=1S/C6H5BrF3N5O/c7-3-2(6(8,9)10)14-4(11)1(13-3)5(16)15-12/h12H2,(H2,11,14)(H,15,16). The Hall–Kier alpha value is -1.42. The highest BCUT2D eigenvalue weighted by Crippen LogP contribution is 2.33. The molecule has 6 nitrogen and oxygen atoms in total. The van der Waals surface area contributed by atoms with Gasteiger partial charge < -0.3 is 5.73 Å². The maximum atomic E-state index is 12.3. The van der Waals surface area contributed by atoms with E-state index in [1.807, 2.05) is 0 Å². The van der Waals surface area contributed by atoms with E-state index >= 15 is 0 Å². The van der Waals surface area contributed by atoms with E-state index in [1.54, 1.807) is 5.43 Å². The first kappa shape index (κ1) is 12.6. The van der Waals surface area contributed by atoms with Gasteiger partial charge in [-0.25, -0.2) is 15.8 Å². The molecule has 1 aromatic heterocycles. The summed E-state index contributed by atoms with van der Waals surface area (Å²) in [4.78, 5) is 17.4. The Morgan fingerprint density at radius 2 is 1.94 bits per heavy atom. The number of carbonyl (C=O) groups is 1. The molecule has 0 saturated carbocycles. The minimum absolute atomic E-state index is 0.484. The Morgan fingerprint density at radius 3 is 2.38 bits per heavy atom. The number of halogens is 4. The first-order valence-corrected chi connectivity index (χ1v) is 4.47. The fourth-order valence-corrected chi connectivity index (χ4v) is 1.33. The van der Waals surface area contributed by atoms with Gasteiger partial charge in [0.15, 0.2) is 17.2 Å². The molecule has 1 rings (SSSR count). The topological polar surface area (TPSA) is 107 Å². The smallest absolute Gasteiger partial charge is 0.382 e. The number of carbonyl (C=O) groups excluding carboxylic acids is 1. The van der Waals surface area contributed by atoms with E-state index in [4.69, 9.17) is 11.6 Å². The van der Waals surface area contributed by atoms with Crippen LogP contribution >= 0.6 is 15.9 Å². The molecule has 1 aromatic rings. The summed E-state index contributed by atoms with van der Waals surface area (Å²) in [6.45, 7) is 0. The molecule has 0 spiro atoms. The van der Waals surface area contributed by atoms with Gasteiger partial charge in [-0.3, -0.25) is 10.2 Å². The second kappa shape index (κ2) is 4.22. The van der Waals surface area contributed by atoms with Gasteiger partial charge in [0.25, 0.3) is 5.91 Å². The van der Waals surface area contributed by atoms with Crippen LogP contribution in [0.15, 0.2) is 4.60 Å². The van der Waals surface area contributed by atoms with Crippen molar-refractivity contribution in [2.75, 3.05) is 5.73 Å². The lowest BCUT2D eigenvalue weighted by Crippen LogP contribution is -2.32. The van der Waals surface area contributed by atoms with Crippen molar-refractivity contribution in [1.29, 1.82) is 0 Å². The lowest BCUT2D eigenvalue weighted by molar-refractivity contribution is -0.142. The van der Waals surface area contributed by atoms with Gasteiger partial charge in [-0.1, -0.05) is 0 Å². The third-order valence-corrected chi connectivity index (χ3v) is 2.05. The normalized spacial score (nSPS) is 11.3. The van der Waals surface area contributed by atoms with Gasteiger partial charge in [0.2, 0.25) is 0 Å². The van der Waals surface area contributed by atoms with E-state index < -0.39 is 33.9 Å². The van der Waals surface area contributed by atoms with Gasteiger partial charge in [0.1, 0.15) is 4.60 Å². The zero-order valence-electron chi connectivity index (χ0n) is 7.47. The molecular weight excluding hydrogens is 295 g/mol.